The van der Waals surface area contributed by atoms with Gasteiger partial charge in [-0.25, -0.2) is 14.8 Å². The highest BCUT2D eigenvalue weighted by molar-refractivity contribution is 5.98. The van der Waals surface area contributed by atoms with E-state index in [0.717, 1.165) is 19.5 Å². The van der Waals surface area contributed by atoms with Crippen LogP contribution in [0.15, 0.2) is 77.4 Å². The van der Waals surface area contributed by atoms with Crippen molar-refractivity contribution in [2.75, 3.05) is 25.4 Å². The van der Waals surface area contributed by atoms with E-state index in [0.29, 0.717) is 41.3 Å². The van der Waals surface area contributed by atoms with Crippen molar-refractivity contribution in [2.24, 2.45) is 0 Å². The van der Waals surface area contributed by atoms with Crippen LogP contribution in [0.3, 0.4) is 0 Å². The van der Waals surface area contributed by atoms with Crippen LogP contribution in [0.25, 0.3) is 16.9 Å². The molecule has 0 saturated carbocycles. The lowest BCUT2D eigenvalue weighted by Crippen LogP contribution is -2.55. The van der Waals surface area contributed by atoms with Gasteiger partial charge in [0.2, 0.25) is 0 Å². The maximum atomic E-state index is 13.9. The molecule has 2 aromatic carbocycles. The van der Waals surface area contributed by atoms with Gasteiger partial charge in [0.15, 0.2) is 11.5 Å². The lowest BCUT2D eigenvalue weighted by atomic mass is 9.93. The fourth-order valence-electron chi connectivity index (χ4n) is 5.54. The summed E-state index contributed by atoms with van der Waals surface area (Å²) in [5.74, 6) is 1.18. The number of carbonyl (C=O) groups excluding carboxylic acids is 1. The van der Waals surface area contributed by atoms with Gasteiger partial charge in [0.25, 0.3) is 5.91 Å². The standard InChI is InChI=1S/C31H32N8O3/c1-31(2,36-14-6-15-36)17-21(18-32)29(40)37-16-13-23(37)19-38-28-26(27(33)34-20-35-28)39(30(38)41)22-9-11-25(12-10-22)42-24-7-4-3-5-8-24/h3-5,7-12,17,20,23H,6,13-16,19H2,1-2H3,(H2,33,34,35)/b21-17-/t23-/m0/s1. The number of nitrogens with zero attached hydrogens (tertiary/aromatic N) is 7. The molecule has 11 heteroatoms. The molecule has 2 aromatic heterocycles. The van der Waals surface area contributed by atoms with Gasteiger partial charge in [-0.1, -0.05) is 18.2 Å². The Hall–Kier alpha value is -4.95. The number of aromatic nitrogens is 4. The summed E-state index contributed by atoms with van der Waals surface area (Å²) in [4.78, 5) is 39.7. The van der Waals surface area contributed by atoms with Crippen LogP contribution >= 0.6 is 0 Å². The second-order valence-corrected chi connectivity index (χ2v) is 11.2. The number of ether oxygens (including phenoxy) is 1. The Balaban J connectivity index is 1.28. The highest BCUT2D eigenvalue weighted by atomic mass is 16.5. The summed E-state index contributed by atoms with van der Waals surface area (Å²) >= 11 is 0. The largest absolute Gasteiger partial charge is 0.457 e. The molecular weight excluding hydrogens is 532 g/mol. The monoisotopic (exact) mass is 564 g/mol. The number of amides is 1. The fraction of sp³-hybridized carbons (Fsp3) is 0.323. The summed E-state index contributed by atoms with van der Waals surface area (Å²) in [5.41, 5.74) is 7.00. The Bertz CT molecular complexity index is 1760. The highest BCUT2D eigenvalue weighted by Crippen LogP contribution is 2.29. The topological polar surface area (TPSA) is 135 Å². The Morgan fingerprint density at radius 2 is 1.81 bits per heavy atom. The number of hydrogen-bond acceptors (Lipinski definition) is 8. The van der Waals surface area contributed by atoms with E-state index in [1.165, 1.54) is 15.5 Å². The van der Waals surface area contributed by atoms with Crippen molar-refractivity contribution < 1.29 is 9.53 Å². The minimum absolute atomic E-state index is 0.121. The number of para-hydroxylation sites is 1. The average Bonchev–Trinajstić information content (AvgIpc) is 3.21. The van der Waals surface area contributed by atoms with Crippen molar-refractivity contribution >= 4 is 22.9 Å². The Morgan fingerprint density at radius 1 is 1.10 bits per heavy atom. The number of nitrogens with two attached hydrogens (primary N) is 1. The number of anilines is 1. The summed E-state index contributed by atoms with van der Waals surface area (Å²) in [6, 6.07) is 18.4. The summed E-state index contributed by atoms with van der Waals surface area (Å²) < 4.78 is 8.91. The number of imidazole rings is 1. The van der Waals surface area contributed by atoms with Crippen LogP contribution in [-0.4, -0.2) is 66.0 Å². The predicted molar refractivity (Wildman–Crippen MR) is 158 cm³/mol. The molecule has 4 heterocycles. The van der Waals surface area contributed by atoms with Crippen molar-refractivity contribution in [1.82, 2.24) is 28.9 Å². The van der Waals surface area contributed by atoms with Gasteiger partial charge in [-0.05, 0) is 69.2 Å². The van der Waals surface area contributed by atoms with E-state index in [4.69, 9.17) is 10.5 Å². The summed E-state index contributed by atoms with van der Waals surface area (Å²) in [6.07, 6.45) is 4.91. The number of likely N-dealkylation sites (tertiary alicyclic amines) is 2. The minimum Gasteiger partial charge on any atom is -0.457 e. The first-order chi connectivity index (χ1) is 20.3. The van der Waals surface area contributed by atoms with Crippen LogP contribution in [0.5, 0.6) is 11.5 Å². The molecular formula is C31H32N8O3. The summed E-state index contributed by atoms with van der Waals surface area (Å²) in [5, 5.41) is 9.84. The summed E-state index contributed by atoms with van der Waals surface area (Å²) in [7, 11) is 0. The van der Waals surface area contributed by atoms with Crippen LogP contribution in [0.1, 0.15) is 26.7 Å². The molecule has 11 nitrogen and oxygen atoms in total. The maximum absolute atomic E-state index is 13.9. The first-order valence-corrected chi connectivity index (χ1v) is 14.0. The molecule has 42 heavy (non-hydrogen) atoms. The second-order valence-electron chi connectivity index (χ2n) is 11.2. The fourth-order valence-corrected chi connectivity index (χ4v) is 5.54. The number of nitriles is 1. The lowest BCUT2D eigenvalue weighted by molar-refractivity contribution is -0.134. The van der Waals surface area contributed by atoms with Crippen molar-refractivity contribution in [3.63, 3.8) is 0 Å². The van der Waals surface area contributed by atoms with Crippen LogP contribution < -0.4 is 16.2 Å². The molecule has 2 fully saturated rings. The molecule has 2 aliphatic heterocycles. The minimum atomic E-state index is -0.389. The van der Waals surface area contributed by atoms with Crippen LogP contribution in [-0.2, 0) is 11.3 Å². The smallest absolute Gasteiger partial charge is 0.335 e. The van der Waals surface area contributed by atoms with Gasteiger partial charge in [-0.2, -0.15) is 5.26 Å². The number of nitrogen functional groups attached to an aromatic ring is 1. The molecule has 0 aliphatic carbocycles. The first-order valence-electron chi connectivity index (χ1n) is 14.0. The van der Waals surface area contributed by atoms with Gasteiger partial charge in [0.1, 0.15) is 35.0 Å². The van der Waals surface area contributed by atoms with Crippen molar-refractivity contribution in [3.05, 3.63) is 83.1 Å². The van der Waals surface area contributed by atoms with Gasteiger partial charge in [-0.15, -0.1) is 0 Å². The van der Waals surface area contributed by atoms with Crippen molar-refractivity contribution in [1.29, 1.82) is 5.26 Å². The third kappa shape index (κ3) is 4.90. The predicted octanol–water partition coefficient (Wildman–Crippen LogP) is 3.49. The molecule has 2 N–H and O–H groups in total. The number of fused-ring (bicyclic) bond motifs is 1. The van der Waals surface area contributed by atoms with E-state index >= 15 is 0 Å². The average molecular weight is 565 g/mol. The molecule has 6 rings (SSSR count). The molecule has 0 spiro atoms. The molecule has 214 valence electrons. The molecule has 2 saturated heterocycles. The van der Waals surface area contributed by atoms with Gasteiger partial charge < -0.3 is 15.4 Å². The molecule has 1 amide bonds. The molecule has 2 aliphatic rings. The quantitative estimate of drug-likeness (QED) is 0.254. The summed E-state index contributed by atoms with van der Waals surface area (Å²) in [6.45, 7) is 6.66. The Labute approximate surface area is 243 Å². The van der Waals surface area contributed by atoms with E-state index < -0.39 is 0 Å². The van der Waals surface area contributed by atoms with E-state index in [1.54, 1.807) is 35.2 Å². The SMILES string of the molecule is CC(C)(/C=C(/C#N)C(=O)N1CC[C@H]1Cn1c(=O)n(-c2ccc(Oc3ccccc3)cc2)c2c(N)ncnc21)N1CCC1. The normalized spacial score (nSPS) is 17.4. The van der Waals surface area contributed by atoms with Crippen LogP contribution in [0.2, 0.25) is 0 Å². The number of hydrogen-bond donors (Lipinski definition) is 1. The Kier molecular flexibility index (Phi) is 7.00. The van der Waals surface area contributed by atoms with E-state index in [1.807, 2.05) is 44.2 Å². The molecule has 0 radical (unpaired) electrons. The zero-order valence-corrected chi connectivity index (χ0v) is 23.6. The first kappa shape index (κ1) is 27.2. The number of carbonyl (C=O) groups is 1. The van der Waals surface area contributed by atoms with Gasteiger partial charge in [0.05, 0.1) is 11.7 Å². The molecule has 4 aromatic rings. The number of rotatable bonds is 8. The Morgan fingerprint density at radius 3 is 2.43 bits per heavy atom. The van der Waals surface area contributed by atoms with E-state index in [2.05, 4.69) is 20.9 Å². The zero-order chi connectivity index (χ0) is 29.4. The van der Waals surface area contributed by atoms with Gasteiger partial charge in [-0.3, -0.25) is 18.8 Å². The third-order valence-corrected chi connectivity index (χ3v) is 8.12. The second kappa shape index (κ2) is 10.8. The van der Waals surface area contributed by atoms with Crippen LogP contribution in [0.4, 0.5) is 5.82 Å². The zero-order valence-electron chi connectivity index (χ0n) is 23.6. The lowest BCUT2D eigenvalue weighted by Gasteiger charge is -2.44. The van der Waals surface area contributed by atoms with Gasteiger partial charge in [0, 0.05) is 31.7 Å². The van der Waals surface area contributed by atoms with Gasteiger partial charge >= 0.3 is 5.69 Å². The molecule has 0 bridgehead atoms. The maximum Gasteiger partial charge on any atom is 0.335 e. The van der Waals surface area contributed by atoms with E-state index in [-0.39, 0.29) is 41.1 Å². The molecule has 1 atom stereocenters. The van der Waals surface area contributed by atoms with Crippen LogP contribution in [0, 0.1) is 11.3 Å². The number of benzene rings is 2. The highest BCUT2D eigenvalue weighted by Gasteiger charge is 2.37. The molecule has 0 unspecified atom stereocenters. The van der Waals surface area contributed by atoms with Crippen molar-refractivity contribution in [2.45, 2.75) is 44.8 Å². The van der Waals surface area contributed by atoms with Crippen molar-refractivity contribution in [3.8, 4) is 23.3 Å². The van der Waals surface area contributed by atoms with E-state index in [9.17, 15) is 14.9 Å². The third-order valence-electron chi connectivity index (χ3n) is 8.12.